The summed E-state index contributed by atoms with van der Waals surface area (Å²) < 4.78 is 11.5. The number of fused-ring (bicyclic) bond motifs is 1. The van der Waals surface area contributed by atoms with E-state index in [4.69, 9.17) is 14.4 Å². The first-order chi connectivity index (χ1) is 14.2. The molecule has 3 rings (SSSR count). The highest BCUT2D eigenvalue weighted by Crippen LogP contribution is 2.51. The Labute approximate surface area is 176 Å². The van der Waals surface area contributed by atoms with E-state index in [9.17, 15) is 9.59 Å². The quantitative estimate of drug-likeness (QED) is 0.306. The molecule has 1 amide bonds. The second-order valence-electron chi connectivity index (χ2n) is 8.84. The number of rotatable bonds is 6. The van der Waals surface area contributed by atoms with Crippen LogP contribution in [0.25, 0.3) is 11.0 Å². The van der Waals surface area contributed by atoms with Gasteiger partial charge in [0.2, 0.25) is 5.91 Å². The molecule has 6 nitrogen and oxygen atoms in total. The first-order valence-corrected chi connectivity index (χ1v) is 10.5. The maximum Gasteiger partial charge on any atom is 0.336 e. The van der Waals surface area contributed by atoms with Crippen LogP contribution in [0.3, 0.4) is 0 Å². The third-order valence-electron chi connectivity index (χ3n) is 6.76. The molecule has 30 heavy (non-hydrogen) atoms. The van der Waals surface area contributed by atoms with Crippen LogP contribution in [0.15, 0.2) is 50.7 Å². The standard InChI is InChI=1S/C24H31NO5/c1-15(2)19-9-5-16(3)24(4,20(19)10-11-22(26)25-28)14-29-18-8-6-17-7-12-23(27)30-21(17)13-18/h6-8,12-13,16,20,28H,5,9-11,14H2,1-4H3,(H,25,26)/t16-,20-,24-/m0/s1. The van der Waals surface area contributed by atoms with Crippen molar-refractivity contribution in [1.29, 1.82) is 0 Å². The van der Waals surface area contributed by atoms with Gasteiger partial charge in [-0.1, -0.05) is 25.0 Å². The Morgan fingerprint density at radius 3 is 2.73 bits per heavy atom. The molecule has 1 aliphatic rings. The normalized spacial score (nSPS) is 24.0. The molecule has 3 atom stereocenters. The van der Waals surface area contributed by atoms with Gasteiger partial charge in [-0.3, -0.25) is 10.0 Å². The Hall–Kier alpha value is -2.60. The number of hydroxylamine groups is 1. The van der Waals surface area contributed by atoms with Gasteiger partial charge in [-0.15, -0.1) is 0 Å². The molecule has 6 heteroatoms. The Balaban J connectivity index is 1.86. The van der Waals surface area contributed by atoms with Crippen LogP contribution in [0.4, 0.5) is 0 Å². The molecule has 0 radical (unpaired) electrons. The average molecular weight is 414 g/mol. The van der Waals surface area contributed by atoms with Crippen molar-refractivity contribution in [3.63, 3.8) is 0 Å². The molecular weight excluding hydrogens is 382 g/mol. The SMILES string of the molecule is CC(C)=C1CC[C@H](C)[C@](C)(COc2ccc3ccc(=O)oc3c2)[C@H]1CCC(=O)NO. The summed E-state index contributed by atoms with van der Waals surface area (Å²) in [4.78, 5) is 23.2. The Kier molecular flexibility index (Phi) is 6.66. The molecule has 1 aliphatic carbocycles. The zero-order valence-electron chi connectivity index (χ0n) is 18.2. The Bertz CT molecular complexity index is 1000. The highest BCUT2D eigenvalue weighted by Gasteiger charge is 2.45. The van der Waals surface area contributed by atoms with E-state index in [1.807, 2.05) is 12.1 Å². The summed E-state index contributed by atoms with van der Waals surface area (Å²) in [5.74, 6) is 0.874. The van der Waals surface area contributed by atoms with Gasteiger partial charge in [-0.2, -0.15) is 0 Å². The number of hydrogen-bond acceptors (Lipinski definition) is 5. The van der Waals surface area contributed by atoms with Gasteiger partial charge >= 0.3 is 5.63 Å². The second kappa shape index (κ2) is 9.04. The van der Waals surface area contributed by atoms with Gasteiger partial charge in [0.15, 0.2) is 0 Å². The van der Waals surface area contributed by atoms with E-state index in [1.165, 1.54) is 17.2 Å². The van der Waals surface area contributed by atoms with E-state index in [0.717, 1.165) is 18.2 Å². The number of carbonyl (C=O) groups excluding carboxylic acids is 1. The molecule has 0 aliphatic heterocycles. The van der Waals surface area contributed by atoms with Gasteiger partial charge in [0, 0.05) is 29.4 Å². The van der Waals surface area contributed by atoms with E-state index in [1.54, 1.807) is 17.6 Å². The lowest BCUT2D eigenvalue weighted by atomic mass is 9.58. The summed E-state index contributed by atoms with van der Waals surface area (Å²) in [5, 5.41) is 9.76. The first kappa shape index (κ1) is 22.1. The van der Waals surface area contributed by atoms with Crippen molar-refractivity contribution in [1.82, 2.24) is 5.48 Å². The van der Waals surface area contributed by atoms with Crippen molar-refractivity contribution in [3.05, 3.63) is 51.9 Å². The largest absolute Gasteiger partial charge is 0.493 e. The monoisotopic (exact) mass is 413 g/mol. The van der Waals surface area contributed by atoms with Crippen molar-refractivity contribution >= 4 is 16.9 Å². The summed E-state index contributed by atoms with van der Waals surface area (Å²) in [6, 6.07) is 8.66. The van der Waals surface area contributed by atoms with Crippen molar-refractivity contribution < 1.29 is 19.2 Å². The van der Waals surface area contributed by atoms with E-state index in [-0.39, 0.29) is 29.3 Å². The van der Waals surface area contributed by atoms with Gasteiger partial charge in [-0.25, -0.2) is 10.3 Å². The van der Waals surface area contributed by atoms with Crippen molar-refractivity contribution in [3.8, 4) is 5.75 Å². The summed E-state index contributed by atoms with van der Waals surface area (Å²) in [6.07, 6.45) is 3.01. The smallest absolute Gasteiger partial charge is 0.336 e. The van der Waals surface area contributed by atoms with Crippen LogP contribution in [0.2, 0.25) is 0 Å². The van der Waals surface area contributed by atoms with E-state index in [2.05, 4.69) is 27.7 Å². The molecule has 162 valence electrons. The fraction of sp³-hybridized carbons (Fsp3) is 0.500. The van der Waals surface area contributed by atoms with Crippen molar-refractivity contribution in [2.24, 2.45) is 17.3 Å². The Morgan fingerprint density at radius 1 is 1.30 bits per heavy atom. The van der Waals surface area contributed by atoms with Crippen LogP contribution in [0, 0.1) is 17.3 Å². The maximum absolute atomic E-state index is 11.7. The lowest BCUT2D eigenvalue weighted by molar-refractivity contribution is -0.129. The summed E-state index contributed by atoms with van der Waals surface area (Å²) >= 11 is 0. The lowest BCUT2D eigenvalue weighted by Crippen LogP contribution is -2.44. The van der Waals surface area contributed by atoms with Crippen LogP contribution in [0.1, 0.15) is 53.4 Å². The molecular formula is C24H31NO5. The van der Waals surface area contributed by atoms with Crippen LogP contribution >= 0.6 is 0 Å². The summed E-state index contributed by atoms with van der Waals surface area (Å²) in [7, 11) is 0. The van der Waals surface area contributed by atoms with Crippen molar-refractivity contribution in [2.45, 2.75) is 53.4 Å². The van der Waals surface area contributed by atoms with Gasteiger partial charge in [0.1, 0.15) is 11.3 Å². The fourth-order valence-corrected chi connectivity index (χ4v) is 4.66. The topological polar surface area (TPSA) is 88.8 Å². The zero-order valence-corrected chi connectivity index (χ0v) is 18.2. The molecule has 2 N–H and O–H groups in total. The third kappa shape index (κ3) is 4.59. The number of benzene rings is 1. The predicted molar refractivity (Wildman–Crippen MR) is 116 cm³/mol. The number of ether oxygens (including phenoxy) is 1. The van der Waals surface area contributed by atoms with Crippen LogP contribution in [0.5, 0.6) is 5.75 Å². The van der Waals surface area contributed by atoms with E-state index in [0.29, 0.717) is 30.3 Å². The molecule has 0 saturated heterocycles. The first-order valence-electron chi connectivity index (χ1n) is 10.5. The molecule has 1 fully saturated rings. The number of amides is 1. The molecule has 1 saturated carbocycles. The minimum atomic E-state index is -0.386. The molecule has 1 aromatic heterocycles. The molecule has 0 bridgehead atoms. The third-order valence-corrected chi connectivity index (χ3v) is 6.76. The van der Waals surface area contributed by atoms with Crippen LogP contribution < -0.4 is 15.8 Å². The van der Waals surface area contributed by atoms with E-state index >= 15 is 0 Å². The predicted octanol–water partition coefficient (Wildman–Crippen LogP) is 4.85. The Morgan fingerprint density at radius 2 is 2.03 bits per heavy atom. The highest BCUT2D eigenvalue weighted by atomic mass is 16.5. The van der Waals surface area contributed by atoms with Gasteiger partial charge in [0.05, 0.1) is 6.61 Å². The molecule has 1 aromatic carbocycles. The molecule has 0 spiro atoms. The van der Waals surface area contributed by atoms with Crippen LogP contribution in [-0.4, -0.2) is 17.7 Å². The minimum absolute atomic E-state index is 0.174. The minimum Gasteiger partial charge on any atom is -0.493 e. The summed E-state index contributed by atoms with van der Waals surface area (Å²) in [5.41, 5.74) is 4.36. The average Bonchev–Trinajstić information content (AvgIpc) is 2.72. The summed E-state index contributed by atoms with van der Waals surface area (Å²) in [6.45, 7) is 9.19. The number of hydrogen-bond donors (Lipinski definition) is 2. The molecule has 0 unspecified atom stereocenters. The zero-order chi connectivity index (χ0) is 21.9. The molecule has 1 heterocycles. The van der Waals surface area contributed by atoms with Gasteiger partial charge in [0.25, 0.3) is 0 Å². The van der Waals surface area contributed by atoms with Gasteiger partial charge in [-0.05, 0) is 63.1 Å². The molecule has 2 aromatic rings. The lowest BCUT2D eigenvalue weighted by Gasteiger charge is -2.48. The van der Waals surface area contributed by atoms with E-state index < -0.39 is 0 Å². The number of carbonyl (C=O) groups is 1. The number of allylic oxidation sites excluding steroid dienone is 2. The second-order valence-corrected chi connectivity index (χ2v) is 8.84. The van der Waals surface area contributed by atoms with Gasteiger partial charge < -0.3 is 9.15 Å². The maximum atomic E-state index is 11.7. The highest BCUT2D eigenvalue weighted by molar-refractivity contribution is 5.77. The van der Waals surface area contributed by atoms with Crippen molar-refractivity contribution in [2.75, 3.05) is 6.61 Å². The number of nitrogens with one attached hydrogen (secondary N) is 1. The van der Waals surface area contributed by atoms with Crippen LogP contribution in [-0.2, 0) is 4.79 Å². The fourth-order valence-electron chi connectivity index (χ4n) is 4.66.